The molecule has 1 aliphatic rings. The van der Waals surface area contributed by atoms with Gasteiger partial charge < -0.3 is 40.2 Å². The third kappa shape index (κ3) is 5.49. The molecule has 1 aliphatic heterocycles. The fourth-order valence-electron chi connectivity index (χ4n) is 3.82. The number of benzene rings is 2. The van der Waals surface area contributed by atoms with Gasteiger partial charge in [0.2, 0.25) is 5.91 Å². The van der Waals surface area contributed by atoms with Gasteiger partial charge >= 0.3 is 32.4 Å². The number of fused-ring (bicyclic) bond motifs is 1. The van der Waals surface area contributed by atoms with E-state index in [4.69, 9.17) is 4.65 Å². The summed E-state index contributed by atoms with van der Waals surface area (Å²) in [5.41, 5.74) is -0.392. The molecule has 1 aromatic heterocycles. The van der Waals surface area contributed by atoms with Crippen molar-refractivity contribution < 1.29 is 43.5 Å². The molecule has 16 heteroatoms. The van der Waals surface area contributed by atoms with E-state index in [1.165, 1.54) is 30.5 Å². The largest absolute Gasteiger partial charge is 0.547 e. The van der Waals surface area contributed by atoms with Gasteiger partial charge in [0.05, 0.1) is 16.8 Å². The van der Waals surface area contributed by atoms with Crippen molar-refractivity contribution in [3.63, 3.8) is 0 Å². The summed E-state index contributed by atoms with van der Waals surface area (Å²) in [6.07, 6.45) is 2.35. The zero-order chi connectivity index (χ0) is 26.9. The summed E-state index contributed by atoms with van der Waals surface area (Å²) in [4.78, 5) is 70.2. The van der Waals surface area contributed by atoms with Crippen molar-refractivity contribution in [2.75, 3.05) is 0 Å². The number of nitrogens with zero attached hydrogens (tertiary/aromatic N) is 1. The van der Waals surface area contributed by atoms with Crippen LogP contribution in [0.25, 0.3) is 0 Å². The Morgan fingerprint density at radius 1 is 1.16 bits per heavy atom. The summed E-state index contributed by atoms with van der Waals surface area (Å²) >= 11 is 0. The Kier molecular flexibility index (Phi) is 7.05. The summed E-state index contributed by atoms with van der Waals surface area (Å²) < 4.78 is 17.6. The second-order valence-corrected chi connectivity index (χ2v) is 9.68. The van der Waals surface area contributed by atoms with Crippen molar-refractivity contribution in [3.05, 3.63) is 82.0 Å². The van der Waals surface area contributed by atoms with E-state index in [0.29, 0.717) is 10.1 Å². The number of para-hydroxylation sites is 1. The second-order valence-electron chi connectivity index (χ2n) is 8.08. The molecule has 2 aromatic carbocycles. The number of rotatable bonds is 6. The SMILES string of the molecule is O=C(O)c1cccc2c1OB(O)[C@@H](NC(=O)[C@H](NC(=O)n1cc[nH]c1=O)c1ccc(P(=O)(O)O)cc1)C2. The lowest BCUT2D eigenvalue weighted by Crippen LogP contribution is -2.55. The summed E-state index contributed by atoms with van der Waals surface area (Å²) in [5.74, 6) is -3.18. The molecule has 2 atom stereocenters. The number of aromatic amines is 1. The van der Waals surface area contributed by atoms with Gasteiger partial charge in [0.1, 0.15) is 11.8 Å². The van der Waals surface area contributed by atoms with Crippen molar-refractivity contribution in [2.45, 2.75) is 18.4 Å². The molecular weight excluding hydrogens is 510 g/mol. The van der Waals surface area contributed by atoms with Crippen LogP contribution in [0.5, 0.6) is 5.75 Å². The van der Waals surface area contributed by atoms with Crippen LogP contribution in [0.4, 0.5) is 4.79 Å². The molecular formula is C21H20BN4O10P. The van der Waals surface area contributed by atoms with E-state index in [1.807, 2.05) is 0 Å². The molecule has 0 fully saturated rings. The van der Waals surface area contributed by atoms with Crippen LogP contribution in [0.3, 0.4) is 0 Å². The van der Waals surface area contributed by atoms with Crippen LogP contribution >= 0.6 is 7.60 Å². The Balaban J connectivity index is 1.61. The van der Waals surface area contributed by atoms with Crippen LogP contribution in [0.15, 0.2) is 59.7 Å². The monoisotopic (exact) mass is 530 g/mol. The van der Waals surface area contributed by atoms with Crippen LogP contribution in [0.1, 0.15) is 27.5 Å². The molecule has 0 saturated heterocycles. The molecule has 0 unspecified atom stereocenters. The number of aromatic carboxylic acids is 1. The average Bonchev–Trinajstić information content (AvgIpc) is 3.27. The predicted molar refractivity (Wildman–Crippen MR) is 127 cm³/mol. The summed E-state index contributed by atoms with van der Waals surface area (Å²) in [7, 11) is -6.20. The zero-order valence-corrected chi connectivity index (χ0v) is 19.7. The van der Waals surface area contributed by atoms with Crippen LogP contribution in [0.2, 0.25) is 0 Å². The van der Waals surface area contributed by atoms with Gasteiger partial charge in [0.25, 0.3) is 0 Å². The first kappa shape index (κ1) is 25.9. The molecule has 0 radical (unpaired) electrons. The van der Waals surface area contributed by atoms with Crippen molar-refractivity contribution in [1.82, 2.24) is 20.2 Å². The third-order valence-corrected chi connectivity index (χ3v) is 6.61. The van der Waals surface area contributed by atoms with Gasteiger partial charge in [-0.15, -0.1) is 0 Å². The van der Waals surface area contributed by atoms with Gasteiger partial charge in [0, 0.05) is 12.4 Å². The highest BCUT2D eigenvalue weighted by Gasteiger charge is 2.39. The van der Waals surface area contributed by atoms with E-state index in [2.05, 4.69) is 15.6 Å². The fourth-order valence-corrected chi connectivity index (χ4v) is 4.35. The van der Waals surface area contributed by atoms with Crippen molar-refractivity contribution in [3.8, 4) is 5.75 Å². The average molecular weight is 530 g/mol. The number of nitrogens with one attached hydrogen (secondary N) is 3. The first-order valence-electron chi connectivity index (χ1n) is 10.7. The molecule has 0 spiro atoms. The number of hydrogen-bond acceptors (Lipinski definition) is 7. The number of carbonyl (C=O) groups excluding carboxylic acids is 2. The van der Waals surface area contributed by atoms with Crippen molar-refractivity contribution in [1.29, 1.82) is 0 Å². The highest BCUT2D eigenvalue weighted by atomic mass is 31.2. The smallest absolute Gasteiger partial charge is 0.534 e. The minimum Gasteiger partial charge on any atom is -0.534 e. The van der Waals surface area contributed by atoms with Crippen LogP contribution < -0.4 is 26.3 Å². The zero-order valence-electron chi connectivity index (χ0n) is 18.8. The predicted octanol–water partition coefficient (Wildman–Crippen LogP) is -0.884. The lowest BCUT2D eigenvalue weighted by molar-refractivity contribution is -0.123. The number of imidazole rings is 1. The standard InChI is InChI=1S/C21H20BN4O10P/c27-18(24-15-10-12-2-1-3-14(19(28)29)17(12)36-22(15)32)16(25-21(31)26-9-8-23-20(26)30)11-4-6-13(7-5-11)37(33,34)35/h1-9,15-16,32H,10H2,(H,23,30)(H,24,27)(H,25,31)(H,28,29)(H2,33,34,35)/t15-,16+/m0/s1. The number of aromatic nitrogens is 2. The Hall–Kier alpha value is -4.17. The van der Waals surface area contributed by atoms with Gasteiger partial charge in [-0.25, -0.2) is 19.0 Å². The van der Waals surface area contributed by atoms with E-state index in [1.54, 1.807) is 6.07 Å². The minimum absolute atomic E-state index is 0.00155. The van der Waals surface area contributed by atoms with E-state index in [-0.39, 0.29) is 28.6 Å². The number of carboxylic acid groups (broad SMARTS) is 1. The molecule has 0 bridgehead atoms. The highest BCUT2D eigenvalue weighted by molar-refractivity contribution is 7.60. The first-order valence-corrected chi connectivity index (χ1v) is 12.3. The van der Waals surface area contributed by atoms with Crippen LogP contribution in [-0.4, -0.2) is 60.4 Å². The number of H-pyrrole nitrogens is 1. The van der Waals surface area contributed by atoms with Gasteiger partial charge in [0.15, 0.2) is 0 Å². The first-order chi connectivity index (χ1) is 17.5. The molecule has 2 heterocycles. The maximum absolute atomic E-state index is 13.3. The van der Waals surface area contributed by atoms with Crippen molar-refractivity contribution >= 4 is 37.9 Å². The molecule has 7 N–H and O–H groups in total. The Labute approximate surface area is 208 Å². The molecule has 0 aliphatic carbocycles. The molecule has 14 nitrogen and oxygen atoms in total. The molecule has 3 aromatic rings. The number of amides is 2. The van der Waals surface area contributed by atoms with E-state index in [0.717, 1.165) is 18.3 Å². The topological polar surface area (TPSA) is 220 Å². The summed E-state index contributed by atoms with van der Waals surface area (Å²) in [6, 6.07) is 6.57. The van der Waals surface area contributed by atoms with Crippen LogP contribution in [-0.2, 0) is 15.8 Å². The van der Waals surface area contributed by atoms with Gasteiger partial charge in [-0.2, -0.15) is 0 Å². The maximum Gasteiger partial charge on any atom is 0.547 e. The third-order valence-electron chi connectivity index (χ3n) is 5.64. The molecule has 192 valence electrons. The summed E-state index contributed by atoms with van der Waals surface area (Å²) in [6.45, 7) is 0. The quantitative estimate of drug-likeness (QED) is 0.154. The Bertz CT molecular complexity index is 1460. The maximum atomic E-state index is 13.3. The molecule has 2 amide bonds. The second kappa shape index (κ2) is 10.1. The fraction of sp³-hybridized carbons (Fsp3) is 0.143. The van der Waals surface area contributed by atoms with E-state index < -0.39 is 50.3 Å². The molecule has 37 heavy (non-hydrogen) atoms. The Morgan fingerprint density at radius 2 is 1.86 bits per heavy atom. The number of carboxylic acids is 1. The van der Waals surface area contributed by atoms with Gasteiger partial charge in [-0.1, -0.05) is 24.3 Å². The minimum atomic E-state index is -4.57. The lowest BCUT2D eigenvalue weighted by Gasteiger charge is -2.30. The van der Waals surface area contributed by atoms with E-state index in [9.17, 15) is 43.7 Å². The lowest BCUT2D eigenvalue weighted by atomic mass is 9.72. The van der Waals surface area contributed by atoms with Crippen LogP contribution in [0, 0.1) is 0 Å². The summed E-state index contributed by atoms with van der Waals surface area (Å²) in [5, 5.41) is 24.4. The van der Waals surface area contributed by atoms with Crippen molar-refractivity contribution in [2.24, 2.45) is 0 Å². The number of carbonyl (C=O) groups is 3. The normalized spacial score (nSPS) is 15.8. The molecule has 0 saturated carbocycles. The van der Waals surface area contributed by atoms with Gasteiger partial charge in [-0.05, 0) is 35.7 Å². The van der Waals surface area contributed by atoms with E-state index >= 15 is 0 Å². The van der Waals surface area contributed by atoms with Gasteiger partial charge in [-0.3, -0.25) is 9.36 Å². The number of hydrogen-bond donors (Lipinski definition) is 7. The Morgan fingerprint density at radius 3 is 2.46 bits per heavy atom. The highest BCUT2D eigenvalue weighted by Crippen LogP contribution is 2.33. The molecule has 4 rings (SSSR count).